The predicted octanol–water partition coefficient (Wildman–Crippen LogP) is 1.99. The fraction of sp³-hybridized carbons (Fsp3) is 0.333. The number of hydrogen-bond acceptors (Lipinski definition) is 5. The van der Waals surface area contributed by atoms with Crippen LogP contribution < -0.4 is 15.4 Å². The van der Waals surface area contributed by atoms with Crippen LogP contribution in [0.1, 0.15) is 15.9 Å². The van der Waals surface area contributed by atoms with Crippen molar-refractivity contribution in [3.05, 3.63) is 53.7 Å². The lowest BCUT2D eigenvalue weighted by molar-refractivity contribution is 0.0951. The first-order valence-corrected chi connectivity index (χ1v) is 7.84. The molecule has 6 nitrogen and oxygen atoms in total. The lowest BCUT2D eigenvalue weighted by Crippen LogP contribution is -2.31. The maximum atomic E-state index is 12.1. The van der Waals surface area contributed by atoms with E-state index < -0.39 is 0 Å². The zero-order valence-electron chi connectivity index (χ0n) is 14.4. The van der Waals surface area contributed by atoms with Crippen molar-refractivity contribution >= 4 is 11.7 Å². The lowest BCUT2D eigenvalue weighted by Gasteiger charge is -2.11. The molecule has 2 aromatic rings. The number of carbonyl (C=O) groups excluding carboxylic acids is 1. The highest BCUT2D eigenvalue weighted by Crippen LogP contribution is 2.13. The van der Waals surface area contributed by atoms with Gasteiger partial charge in [0.15, 0.2) is 0 Å². The Morgan fingerprint density at radius 1 is 1.21 bits per heavy atom. The van der Waals surface area contributed by atoms with E-state index in [1.54, 1.807) is 25.4 Å². The van der Waals surface area contributed by atoms with Gasteiger partial charge in [0.05, 0.1) is 7.11 Å². The second-order valence-electron chi connectivity index (χ2n) is 5.69. The maximum Gasteiger partial charge on any atom is 0.251 e. The number of amides is 1. The number of rotatable bonds is 8. The molecular weight excluding hydrogens is 304 g/mol. The average molecular weight is 328 g/mol. The van der Waals surface area contributed by atoms with Crippen LogP contribution in [-0.4, -0.2) is 50.1 Å². The minimum atomic E-state index is -0.0910. The Balaban J connectivity index is 1.90. The van der Waals surface area contributed by atoms with Crippen LogP contribution in [0.3, 0.4) is 0 Å². The van der Waals surface area contributed by atoms with Crippen molar-refractivity contribution in [2.45, 2.75) is 6.54 Å². The number of nitrogens with zero attached hydrogens (tertiary/aromatic N) is 2. The van der Waals surface area contributed by atoms with Crippen LogP contribution in [0.5, 0.6) is 5.75 Å². The van der Waals surface area contributed by atoms with E-state index >= 15 is 0 Å². The van der Waals surface area contributed by atoms with Crippen molar-refractivity contribution in [3.63, 3.8) is 0 Å². The van der Waals surface area contributed by atoms with Crippen molar-refractivity contribution < 1.29 is 9.53 Å². The lowest BCUT2D eigenvalue weighted by atomic mass is 10.2. The van der Waals surface area contributed by atoms with Crippen LogP contribution >= 0.6 is 0 Å². The summed E-state index contributed by atoms with van der Waals surface area (Å²) in [5.41, 5.74) is 1.71. The number of pyridine rings is 1. The van der Waals surface area contributed by atoms with Gasteiger partial charge in [0.25, 0.3) is 5.91 Å². The van der Waals surface area contributed by atoms with Crippen LogP contribution in [0.25, 0.3) is 0 Å². The SMILES string of the molecule is COc1ccc(CNc2cc(C(=O)NCCN(C)C)ccn2)cc1. The topological polar surface area (TPSA) is 66.5 Å². The van der Waals surface area contributed by atoms with Gasteiger partial charge in [0.2, 0.25) is 0 Å². The van der Waals surface area contributed by atoms with E-state index in [-0.39, 0.29) is 5.91 Å². The van der Waals surface area contributed by atoms with Gasteiger partial charge in [-0.3, -0.25) is 4.79 Å². The number of methoxy groups -OCH3 is 1. The Hall–Kier alpha value is -2.60. The average Bonchev–Trinajstić information content (AvgIpc) is 2.60. The second kappa shape index (κ2) is 8.88. The monoisotopic (exact) mass is 328 g/mol. The minimum Gasteiger partial charge on any atom is -0.497 e. The van der Waals surface area contributed by atoms with Gasteiger partial charge in [-0.05, 0) is 43.9 Å². The molecule has 0 aliphatic heterocycles. The quantitative estimate of drug-likeness (QED) is 0.776. The Kier molecular flexibility index (Phi) is 6.57. The number of nitrogens with one attached hydrogen (secondary N) is 2. The summed E-state index contributed by atoms with van der Waals surface area (Å²) >= 11 is 0. The van der Waals surface area contributed by atoms with Crippen molar-refractivity contribution in [1.29, 1.82) is 0 Å². The zero-order valence-corrected chi connectivity index (χ0v) is 14.4. The number of benzene rings is 1. The fourth-order valence-electron chi connectivity index (χ4n) is 2.10. The number of anilines is 1. The fourth-order valence-corrected chi connectivity index (χ4v) is 2.10. The number of carbonyl (C=O) groups is 1. The van der Waals surface area contributed by atoms with E-state index in [2.05, 4.69) is 15.6 Å². The number of aromatic nitrogens is 1. The van der Waals surface area contributed by atoms with E-state index in [1.807, 2.05) is 43.3 Å². The van der Waals surface area contributed by atoms with E-state index in [9.17, 15) is 4.79 Å². The summed E-state index contributed by atoms with van der Waals surface area (Å²) in [6.45, 7) is 2.05. The van der Waals surface area contributed by atoms with Gasteiger partial charge in [0.1, 0.15) is 11.6 Å². The first-order valence-electron chi connectivity index (χ1n) is 7.84. The summed E-state index contributed by atoms with van der Waals surface area (Å²) < 4.78 is 5.14. The normalized spacial score (nSPS) is 10.5. The summed E-state index contributed by atoms with van der Waals surface area (Å²) in [7, 11) is 5.59. The van der Waals surface area contributed by atoms with Gasteiger partial charge in [0, 0.05) is 31.4 Å². The van der Waals surface area contributed by atoms with Gasteiger partial charge in [-0.1, -0.05) is 12.1 Å². The van der Waals surface area contributed by atoms with Gasteiger partial charge in [-0.2, -0.15) is 0 Å². The Morgan fingerprint density at radius 2 is 1.96 bits per heavy atom. The highest BCUT2D eigenvalue weighted by Gasteiger charge is 2.06. The zero-order chi connectivity index (χ0) is 17.4. The molecule has 2 rings (SSSR count). The Morgan fingerprint density at radius 3 is 2.62 bits per heavy atom. The molecule has 0 radical (unpaired) electrons. The molecule has 0 saturated carbocycles. The van der Waals surface area contributed by atoms with Crippen LogP contribution in [0, 0.1) is 0 Å². The predicted molar refractivity (Wildman–Crippen MR) is 95.4 cm³/mol. The third-order valence-electron chi connectivity index (χ3n) is 3.50. The van der Waals surface area contributed by atoms with E-state index in [0.29, 0.717) is 24.5 Å². The summed E-state index contributed by atoms with van der Waals surface area (Å²) in [4.78, 5) is 18.4. The summed E-state index contributed by atoms with van der Waals surface area (Å²) in [5, 5.41) is 6.12. The molecule has 0 spiro atoms. The van der Waals surface area contributed by atoms with Crippen molar-refractivity contribution in [2.75, 3.05) is 39.6 Å². The van der Waals surface area contributed by atoms with Gasteiger partial charge >= 0.3 is 0 Å². The molecule has 1 aromatic carbocycles. The van der Waals surface area contributed by atoms with Crippen molar-refractivity contribution in [3.8, 4) is 5.75 Å². The Labute approximate surface area is 142 Å². The maximum absolute atomic E-state index is 12.1. The Bertz CT molecular complexity index is 656. The summed E-state index contributed by atoms with van der Waals surface area (Å²) in [6, 6.07) is 11.3. The molecule has 0 aliphatic rings. The molecule has 24 heavy (non-hydrogen) atoms. The molecule has 6 heteroatoms. The highest BCUT2D eigenvalue weighted by molar-refractivity contribution is 5.94. The van der Waals surface area contributed by atoms with Crippen LogP contribution in [-0.2, 0) is 6.54 Å². The van der Waals surface area contributed by atoms with Crippen molar-refractivity contribution in [2.24, 2.45) is 0 Å². The molecule has 128 valence electrons. The summed E-state index contributed by atoms with van der Waals surface area (Å²) in [5.74, 6) is 1.41. The van der Waals surface area contributed by atoms with E-state index in [4.69, 9.17) is 4.74 Å². The molecule has 1 aromatic heterocycles. The van der Waals surface area contributed by atoms with Gasteiger partial charge in [-0.25, -0.2) is 4.98 Å². The molecule has 0 unspecified atom stereocenters. The highest BCUT2D eigenvalue weighted by atomic mass is 16.5. The summed E-state index contributed by atoms with van der Waals surface area (Å²) in [6.07, 6.45) is 1.64. The molecule has 0 fully saturated rings. The molecule has 1 amide bonds. The van der Waals surface area contributed by atoms with Crippen LogP contribution in [0.2, 0.25) is 0 Å². The van der Waals surface area contributed by atoms with Gasteiger partial charge in [-0.15, -0.1) is 0 Å². The first kappa shape index (κ1) is 17.7. The third kappa shape index (κ3) is 5.55. The smallest absolute Gasteiger partial charge is 0.251 e. The number of likely N-dealkylation sites (N-methyl/N-ethyl adjacent to an activating group) is 1. The third-order valence-corrected chi connectivity index (χ3v) is 3.50. The van der Waals surface area contributed by atoms with Crippen molar-refractivity contribution in [1.82, 2.24) is 15.2 Å². The second-order valence-corrected chi connectivity index (χ2v) is 5.69. The molecular formula is C18H24N4O2. The molecule has 1 heterocycles. The molecule has 0 bridgehead atoms. The molecule has 0 aliphatic carbocycles. The standard InChI is InChI=1S/C18H24N4O2/c1-22(2)11-10-20-18(23)15-8-9-19-17(12-15)21-13-14-4-6-16(24-3)7-5-14/h4-9,12H,10-11,13H2,1-3H3,(H,19,21)(H,20,23). The number of hydrogen-bond donors (Lipinski definition) is 2. The minimum absolute atomic E-state index is 0.0910. The largest absolute Gasteiger partial charge is 0.497 e. The molecule has 0 saturated heterocycles. The van der Waals surface area contributed by atoms with E-state index in [0.717, 1.165) is 17.9 Å². The molecule has 0 atom stereocenters. The first-order chi connectivity index (χ1) is 11.6. The molecule has 2 N–H and O–H groups in total. The number of ether oxygens (including phenoxy) is 1. The van der Waals surface area contributed by atoms with Crippen LogP contribution in [0.4, 0.5) is 5.82 Å². The van der Waals surface area contributed by atoms with Crippen LogP contribution in [0.15, 0.2) is 42.6 Å². The van der Waals surface area contributed by atoms with E-state index in [1.165, 1.54) is 0 Å². The van der Waals surface area contributed by atoms with Gasteiger partial charge < -0.3 is 20.3 Å².